The molecule has 0 amide bonds. The maximum atomic E-state index is 12.7. The number of hydrogen-bond acceptors (Lipinski definition) is 6. The number of nitrogens with zero attached hydrogens (tertiary/aromatic N) is 3. The molecule has 1 saturated heterocycles. The van der Waals surface area contributed by atoms with Crippen LogP contribution in [0.3, 0.4) is 0 Å². The molecule has 0 N–H and O–H groups in total. The van der Waals surface area contributed by atoms with Crippen molar-refractivity contribution in [3.63, 3.8) is 0 Å². The molecule has 0 aliphatic carbocycles. The molecule has 8 heteroatoms. The number of fused-ring (bicyclic) bond motifs is 2. The smallest absolute Gasteiger partial charge is 0.196 e. The summed E-state index contributed by atoms with van der Waals surface area (Å²) in [5.74, 6) is 0.843. The Kier molecular flexibility index (Phi) is 4.06. The maximum absolute atomic E-state index is 12.7. The van der Waals surface area contributed by atoms with Gasteiger partial charge in [-0.1, -0.05) is 12.1 Å². The highest BCUT2D eigenvalue weighted by molar-refractivity contribution is 7.91. The molecule has 148 valence electrons. The predicted molar refractivity (Wildman–Crippen MR) is 109 cm³/mol. The van der Waals surface area contributed by atoms with E-state index in [1.54, 1.807) is 29.1 Å². The van der Waals surface area contributed by atoms with E-state index in [1.165, 1.54) is 0 Å². The number of carbonyl (C=O) groups excluding carboxylic acids is 1. The largest absolute Gasteiger partial charge is 0.488 e. The van der Waals surface area contributed by atoms with Gasteiger partial charge in [-0.3, -0.25) is 4.79 Å². The Hall–Kier alpha value is -3.00. The zero-order chi connectivity index (χ0) is 20.2. The van der Waals surface area contributed by atoms with Crippen LogP contribution in [0.15, 0.2) is 42.1 Å². The van der Waals surface area contributed by atoms with E-state index in [4.69, 9.17) is 4.74 Å². The number of aryl methyl sites for hydroxylation is 1. The maximum Gasteiger partial charge on any atom is 0.196 e. The third-order valence-electron chi connectivity index (χ3n) is 5.45. The second-order valence-electron chi connectivity index (χ2n) is 7.51. The molecular weight excluding hydrogens is 390 g/mol. The van der Waals surface area contributed by atoms with E-state index in [9.17, 15) is 13.2 Å². The Labute approximate surface area is 167 Å². The summed E-state index contributed by atoms with van der Waals surface area (Å²) in [6.45, 7) is 2.10. The van der Waals surface area contributed by atoms with Gasteiger partial charge < -0.3 is 4.74 Å². The van der Waals surface area contributed by atoms with Crippen LogP contribution >= 0.6 is 0 Å². The van der Waals surface area contributed by atoms with Crippen LogP contribution in [-0.4, -0.2) is 47.1 Å². The average Bonchev–Trinajstić information content (AvgIpc) is 3.23. The van der Waals surface area contributed by atoms with Crippen LogP contribution in [-0.2, 0) is 9.84 Å². The number of pyridine rings is 1. The molecule has 29 heavy (non-hydrogen) atoms. The first-order valence-electron chi connectivity index (χ1n) is 9.44. The van der Waals surface area contributed by atoms with Crippen molar-refractivity contribution in [1.29, 1.82) is 0 Å². The Morgan fingerprint density at radius 2 is 2.10 bits per heavy atom. The molecule has 3 aromatic rings. The van der Waals surface area contributed by atoms with Gasteiger partial charge in [0, 0.05) is 17.2 Å². The van der Waals surface area contributed by atoms with Gasteiger partial charge in [-0.05, 0) is 43.2 Å². The van der Waals surface area contributed by atoms with Gasteiger partial charge in [-0.25, -0.2) is 18.1 Å². The third-order valence-corrected chi connectivity index (χ3v) is 7.20. The van der Waals surface area contributed by atoms with Crippen LogP contribution in [0, 0.1) is 6.92 Å². The monoisotopic (exact) mass is 409 g/mol. The molecule has 0 saturated carbocycles. The van der Waals surface area contributed by atoms with Crippen LogP contribution in [0.25, 0.3) is 17.1 Å². The second-order valence-corrected chi connectivity index (χ2v) is 9.74. The lowest BCUT2D eigenvalue weighted by Gasteiger charge is -2.18. The molecule has 0 spiro atoms. The molecule has 4 heterocycles. The van der Waals surface area contributed by atoms with E-state index in [2.05, 4.69) is 10.1 Å². The van der Waals surface area contributed by atoms with E-state index >= 15 is 0 Å². The quantitative estimate of drug-likeness (QED) is 0.605. The number of rotatable bonds is 2. The van der Waals surface area contributed by atoms with Crippen LogP contribution in [0.4, 0.5) is 0 Å². The lowest BCUT2D eigenvalue weighted by atomic mass is 9.98. The summed E-state index contributed by atoms with van der Waals surface area (Å²) in [6, 6.07) is 8.96. The van der Waals surface area contributed by atoms with Crippen LogP contribution < -0.4 is 4.74 Å². The molecule has 5 rings (SSSR count). The zero-order valence-electron chi connectivity index (χ0n) is 15.8. The number of ether oxygens (including phenoxy) is 1. The highest BCUT2D eigenvalue weighted by Crippen LogP contribution is 2.30. The molecule has 1 fully saturated rings. The minimum Gasteiger partial charge on any atom is -0.488 e. The predicted octanol–water partition coefficient (Wildman–Crippen LogP) is 2.76. The van der Waals surface area contributed by atoms with Gasteiger partial charge in [0.1, 0.15) is 12.4 Å². The number of aromatic nitrogens is 3. The summed E-state index contributed by atoms with van der Waals surface area (Å²) in [5, 5.41) is 5.40. The van der Waals surface area contributed by atoms with Gasteiger partial charge in [-0.15, -0.1) is 0 Å². The van der Waals surface area contributed by atoms with Gasteiger partial charge in [0.05, 0.1) is 28.8 Å². The topological polar surface area (TPSA) is 91.2 Å². The van der Waals surface area contributed by atoms with Gasteiger partial charge >= 0.3 is 0 Å². The van der Waals surface area contributed by atoms with Crippen molar-refractivity contribution in [2.24, 2.45) is 0 Å². The molecule has 1 aromatic carbocycles. The summed E-state index contributed by atoms with van der Waals surface area (Å²) < 4.78 is 31.1. The number of Topliss-reactive ketones (excluding diaryl/α,β-unsaturated/α-hetero) is 1. The lowest BCUT2D eigenvalue weighted by Crippen LogP contribution is -2.18. The number of benzene rings is 1. The van der Waals surface area contributed by atoms with Crippen molar-refractivity contribution in [1.82, 2.24) is 14.8 Å². The highest BCUT2D eigenvalue weighted by atomic mass is 32.2. The van der Waals surface area contributed by atoms with Crippen molar-refractivity contribution in [3.8, 4) is 5.75 Å². The first kappa shape index (κ1) is 18.1. The van der Waals surface area contributed by atoms with E-state index < -0.39 is 9.84 Å². The fraction of sp³-hybridized carbons (Fsp3) is 0.286. The van der Waals surface area contributed by atoms with Gasteiger partial charge in [-0.2, -0.15) is 5.10 Å². The third kappa shape index (κ3) is 3.13. The average molecular weight is 409 g/mol. The molecular formula is C21H19N3O4S. The van der Waals surface area contributed by atoms with Crippen LogP contribution in [0.1, 0.15) is 34.1 Å². The lowest BCUT2D eigenvalue weighted by molar-refractivity contribution is 0.100. The van der Waals surface area contributed by atoms with Crippen LogP contribution in [0.2, 0.25) is 0 Å². The minimum absolute atomic E-state index is 0.0458. The van der Waals surface area contributed by atoms with E-state index in [-0.39, 0.29) is 29.9 Å². The summed E-state index contributed by atoms with van der Waals surface area (Å²) in [6.07, 6.45) is 4.03. The Morgan fingerprint density at radius 1 is 1.28 bits per heavy atom. The van der Waals surface area contributed by atoms with Gasteiger partial charge in [0.15, 0.2) is 21.3 Å². The molecule has 1 atom stereocenters. The molecule has 0 bridgehead atoms. The van der Waals surface area contributed by atoms with Crippen molar-refractivity contribution in [2.45, 2.75) is 19.4 Å². The number of ketones is 1. The number of sulfone groups is 1. The number of hydrogen-bond donors (Lipinski definition) is 0. The Bertz CT molecular complexity index is 1290. The number of para-hydroxylation sites is 1. The van der Waals surface area contributed by atoms with Gasteiger partial charge in [0.25, 0.3) is 0 Å². The number of carbonyl (C=O) groups is 1. The first-order valence-corrected chi connectivity index (χ1v) is 11.3. The summed E-state index contributed by atoms with van der Waals surface area (Å²) in [7, 11) is -3.01. The Balaban J connectivity index is 1.51. The molecule has 0 unspecified atom stereocenters. The molecule has 7 nitrogen and oxygen atoms in total. The normalized spacial score (nSPS) is 22.0. The summed E-state index contributed by atoms with van der Waals surface area (Å²) >= 11 is 0. The molecule has 0 radical (unpaired) electrons. The van der Waals surface area contributed by atoms with Crippen molar-refractivity contribution >= 4 is 32.7 Å². The second kappa shape index (κ2) is 6.52. The van der Waals surface area contributed by atoms with E-state index in [0.717, 1.165) is 16.6 Å². The fourth-order valence-corrected chi connectivity index (χ4v) is 5.66. The summed E-state index contributed by atoms with van der Waals surface area (Å²) in [5.41, 5.74) is 3.37. The van der Waals surface area contributed by atoms with Crippen molar-refractivity contribution in [2.75, 3.05) is 18.1 Å². The standard InChI is InChI=1S/C21H19N3O4S/c1-13-18-9-14(8-15-11-28-19-5-3-2-4-17(19)20(15)25)10-22-21(18)24(23-13)16-6-7-29(26,27)12-16/h2-5,8-10,16H,6-7,11-12H2,1H3/b15-8+/t16-/m0/s1. The molecule has 2 aromatic heterocycles. The first-order chi connectivity index (χ1) is 13.9. The van der Waals surface area contributed by atoms with Gasteiger partial charge in [0.2, 0.25) is 0 Å². The zero-order valence-corrected chi connectivity index (χ0v) is 16.6. The highest BCUT2D eigenvalue weighted by Gasteiger charge is 2.31. The summed E-state index contributed by atoms with van der Waals surface area (Å²) in [4.78, 5) is 17.3. The van der Waals surface area contributed by atoms with Crippen molar-refractivity contribution < 1.29 is 17.9 Å². The van der Waals surface area contributed by atoms with E-state index in [1.807, 2.05) is 25.1 Å². The van der Waals surface area contributed by atoms with E-state index in [0.29, 0.717) is 29.0 Å². The molecule has 2 aliphatic rings. The minimum atomic E-state index is -3.01. The Morgan fingerprint density at radius 3 is 2.90 bits per heavy atom. The van der Waals surface area contributed by atoms with Crippen molar-refractivity contribution in [3.05, 3.63) is 58.9 Å². The molecule has 2 aliphatic heterocycles. The van der Waals surface area contributed by atoms with Crippen LogP contribution in [0.5, 0.6) is 5.75 Å². The fourth-order valence-electron chi connectivity index (χ4n) is 3.97. The SMILES string of the molecule is Cc1nn([C@H]2CCS(=O)(=O)C2)c2ncc(/C=C3\COc4ccccc4C3=O)cc12.